The van der Waals surface area contributed by atoms with Crippen LogP contribution in [0.4, 0.5) is 0 Å². The van der Waals surface area contributed by atoms with Crippen molar-refractivity contribution >= 4 is 5.97 Å². The van der Waals surface area contributed by atoms with E-state index >= 15 is 0 Å². The molecule has 0 fully saturated rings. The van der Waals surface area contributed by atoms with Gasteiger partial charge in [0.05, 0.1) is 25.9 Å². The Bertz CT molecular complexity index is 699. The Morgan fingerprint density at radius 2 is 1.38 bits per heavy atom. The van der Waals surface area contributed by atoms with Crippen molar-refractivity contribution < 1.29 is 19.0 Å². The van der Waals surface area contributed by atoms with Gasteiger partial charge >= 0.3 is 5.97 Å². The highest BCUT2D eigenvalue weighted by atomic mass is 16.5. The van der Waals surface area contributed by atoms with Crippen LogP contribution in [0.15, 0.2) is 36.4 Å². The minimum Gasteiger partial charge on any atom is -0.481 e. The van der Waals surface area contributed by atoms with Crippen molar-refractivity contribution in [2.45, 2.75) is 104 Å². The Labute approximate surface area is 208 Å². The molecule has 0 amide bonds. The summed E-state index contributed by atoms with van der Waals surface area (Å²) in [7, 11) is 1.53. The van der Waals surface area contributed by atoms with Crippen LogP contribution in [0.3, 0.4) is 0 Å². The van der Waals surface area contributed by atoms with E-state index in [-0.39, 0.29) is 5.97 Å². The number of ether oxygens (including phenoxy) is 3. The number of carbonyl (C=O) groups excluding carboxylic acids is 1. The molecule has 1 rings (SSSR count). The SMILES string of the molecule is CCCCC/C=C\C/C=C\CCCCCCCCOc1cc(C(=O)OCCCC)cc(OC)n1. The molecule has 1 aromatic heterocycles. The highest BCUT2D eigenvalue weighted by Gasteiger charge is 2.12. The quantitative estimate of drug-likeness (QED) is 0.102. The third kappa shape index (κ3) is 15.5. The molecular formula is C29H47NO4. The maximum absolute atomic E-state index is 12.2. The maximum atomic E-state index is 12.2. The van der Waals surface area contributed by atoms with Gasteiger partial charge in [0, 0.05) is 12.1 Å². The summed E-state index contributed by atoms with van der Waals surface area (Å²) in [6.07, 6.45) is 25.6. The van der Waals surface area contributed by atoms with Crippen LogP contribution in [0.1, 0.15) is 114 Å². The highest BCUT2D eigenvalue weighted by Crippen LogP contribution is 2.19. The van der Waals surface area contributed by atoms with Gasteiger partial charge in [-0.05, 0) is 44.9 Å². The maximum Gasteiger partial charge on any atom is 0.338 e. The average molecular weight is 474 g/mol. The Balaban J connectivity index is 2.11. The third-order valence-electron chi connectivity index (χ3n) is 5.55. The lowest BCUT2D eigenvalue weighted by molar-refractivity contribution is 0.0498. The number of methoxy groups -OCH3 is 1. The molecule has 0 radical (unpaired) electrons. The Morgan fingerprint density at radius 1 is 0.765 bits per heavy atom. The molecule has 5 heteroatoms. The van der Waals surface area contributed by atoms with Gasteiger partial charge < -0.3 is 14.2 Å². The van der Waals surface area contributed by atoms with Gasteiger partial charge in [0.2, 0.25) is 11.8 Å². The smallest absolute Gasteiger partial charge is 0.338 e. The van der Waals surface area contributed by atoms with Gasteiger partial charge in [-0.2, -0.15) is 4.98 Å². The molecule has 1 aromatic rings. The fraction of sp³-hybridized carbons (Fsp3) is 0.655. The Kier molecular flexibility index (Phi) is 18.6. The first-order valence-corrected chi connectivity index (χ1v) is 13.4. The fourth-order valence-corrected chi connectivity index (χ4v) is 3.44. The monoisotopic (exact) mass is 473 g/mol. The predicted molar refractivity (Wildman–Crippen MR) is 141 cm³/mol. The molecule has 0 aliphatic carbocycles. The summed E-state index contributed by atoms with van der Waals surface area (Å²) in [5, 5.41) is 0. The minimum absolute atomic E-state index is 0.358. The summed E-state index contributed by atoms with van der Waals surface area (Å²) in [5.41, 5.74) is 0.412. The summed E-state index contributed by atoms with van der Waals surface area (Å²) in [5.74, 6) is 0.397. The van der Waals surface area contributed by atoms with Crippen molar-refractivity contribution in [1.82, 2.24) is 4.98 Å². The number of carbonyl (C=O) groups is 1. The van der Waals surface area contributed by atoms with Crippen molar-refractivity contribution in [3.05, 3.63) is 42.0 Å². The van der Waals surface area contributed by atoms with Gasteiger partial charge in [0.1, 0.15) is 0 Å². The van der Waals surface area contributed by atoms with E-state index in [0.717, 1.165) is 32.1 Å². The second-order valence-electron chi connectivity index (χ2n) is 8.66. The number of rotatable bonds is 21. The standard InChI is InChI=1S/C29H47NO4/c1-4-6-8-9-10-11-12-13-14-15-16-17-18-19-20-21-23-33-28-25-26(24-27(30-28)32-3)29(31)34-22-7-5-2/h10-11,13-14,24-25H,4-9,12,15-23H2,1-3H3/b11-10-,14-13-. The van der Waals surface area contributed by atoms with Crippen LogP contribution < -0.4 is 9.47 Å². The van der Waals surface area contributed by atoms with E-state index in [1.807, 2.05) is 0 Å². The molecule has 0 N–H and O–H groups in total. The number of hydrogen-bond acceptors (Lipinski definition) is 5. The predicted octanol–water partition coefficient (Wildman–Crippen LogP) is 8.24. The third-order valence-corrected chi connectivity index (χ3v) is 5.55. The van der Waals surface area contributed by atoms with E-state index in [1.54, 1.807) is 12.1 Å². The molecular weight excluding hydrogens is 426 g/mol. The van der Waals surface area contributed by atoms with Gasteiger partial charge in [-0.1, -0.05) is 83.1 Å². The Hall–Kier alpha value is -2.30. The topological polar surface area (TPSA) is 57.7 Å². The van der Waals surface area contributed by atoms with Crippen molar-refractivity contribution in [3.63, 3.8) is 0 Å². The molecule has 0 aromatic carbocycles. The summed E-state index contributed by atoms with van der Waals surface area (Å²) in [6.45, 7) is 5.31. The van der Waals surface area contributed by atoms with Crippen LogP contribution >= 0.6 is 0 Å². The molecule has 0 aliphatic rings. The average Bonchev–Trinajstić information content (AvgIpc) is 2.85. The first-order valence-electron chi connectivity index (χ1n) is 13.4. The fourth-order valence-electron chi connectivity index (χ4n) is 3.44. The van der Waals surface area contributed by atoms with Gasteiger partial charge in [-0.3, -0.25) is 0 Å². The number of esters is 1. The summed E-state index contributed by atoms with van der Waals surface area (Å²) in [6, 6.07) is 3.22. The van der Waals surface area contributed by atoms with E-state index in [0.29, 0.717) is 30.5 Å². The number of allylic oxidation sites excluding steroid dienone is 4. The summed E-state index contributed by atoms with van der Waals surface area (Å²) in [4.78, 5) is 16.5. The zero-order valence-corrected chi connectivity index (χ0v) is 21.9. The minimum atomic E-state index is -0.368. The van der Waals surface area contributed by atoms with E-state index in [1.165, 1.54) is 64.9 Å². The van der Waals surface area contributed by atoms with E-state index in [2.05, 4.69) is 43.1 Å². The molecule has 0 saturated carbocycles. The summed E-state index contributed by atoms with van der Waals surface area (Å²) >= 11 is 0. The van der Waals surface area contributed by atoms with Crippen LogP contribution in [-0.2, 0) is 4.74 Å². The molecule has 0 unspecified atom stereocenters. The van der Waals surface area contributed by atoms with Gasteiger partial charge in [0.15, 0.2) is 0 Å². The van der Waals surface area contributed by atoms with Crippen LogP contribution in [0.5, 0.6) is 11.8 Å². The van der Waals surface area contributed by atoms with E-state index in [4.69, 9.17) is 14.2 Å². The second kappa shape index (κ2) is 21.2. The summed E-state index contributed by atoms with van der Waals surface area (Å²) < 4.78 is 16.2. The van der Waals surface area contributed by atoms with Gasteiger partial charge in [-0.15, -0.1) is 0 Å². The first-order chi connectivity index (χ1) is 16.7. The van der Waals surface area contributed by atoms with Crippen molar-refractivity contribution in [1.29, 1.82) is 0 Å². The largest absolute Gasteiger partial charge is 0.481 e. The lowest BCUT2D eigenvalue weighted by Gasteiger charge is -2.10. The normalized spacial score (nSPS) is 11.4. The van der Waals surface area contributed by atoms with Gasteiger partial charge in [-0.25, -0.2) is 4.79 Å². The first kappa shape index (κ1) is 29.7. The second-order valence-corrected chi connectivity index (χ2v) is 8.66. The van der Waals surface area contributed by atoms with E-state index < -0.39 is 0 Å². The molecule has 5 nitrogen and oxygen atoms in total. The van der Waals surface area contributed by atoms with Crippen LogP contribution in [-0.4, -0.2) is 31.3 Å². The van der Waals surface area contributed by atoms with E-state index in [9.17, 15) is 4.79 Å². The molecule has 0 spiro atoms. The van der Waals surface area contributed by atoms with Crippen LogP contribution in [0.25, 0.3) is 0 Å². The van der Waals surface area contributed by atoms with Crippen molar-refractivity contribution in [2.24, 2.45) is 0 Å². The van der Waals surface area contributed by atoms with Crippen LogP contribution in [0.2, 0.25) is 0 Å². The molecule has 192 valence electrons. The molecule has 1 heterocycles. The molecule has 0 aliphatic heterocycles. The van der Waals surface area contributed by atoms with Gasteiger partial charge in [0.25, 0.3) is 0 Å². The number of pyridine rings is 1. The molecule has 0 saturated heterocycles. The molecule has 34 heavy (non-hydrogen) atoms. The van der Waals surface area contributed by atoms with Crippen LogP contribution in [0, 0.1) is 0 Å². The molecule has 0 bridgehead atoms. The molecule has 0 atom stereocenters. The van der Waals surface area contributed by atoms with Crippen molar-refractivity contribution in [2.75, 3.05) is 20.3 Å². The zero-order chi connectivity index (χ0) is 24.7. The lowest BCUT2D eigenvalue weighted by atomic mass is 10.1. The van der Waals surface area contributed by atoms with Crippen molar-refractivity contribution in [3.8, 4) is 11.8 Å². The number of nitrogens with zero attached hydrogens (tertiary/aromatic N) is 1. The number of aromatic nitrogens is 1. The number of unbranched alkanes of at least 4 members (excludes halogenated alkanes) is 10. The lowest BCUT2D eigenvalue weighted by Crippen LogP contribution is -2.08. The Morgan fingerprint density at radius 3 is 2.06 bits per heavy atom. The zero-order valence-electron chi connectivity index (χ0n) is 21.9. The number of hydrogen-bond donors (Lipinski definition) is 0. The highest BCUT2D eigenvalue weighted by molar-refractivity contribution is 5.90.